The molecule has 0 unspecified atom stereocenters. The molecule has 0 radical (unpaired) electrons. The van der Waals surface area contributed by atoms with E-state index in [0.717, 1.165) is 5.56 Å². The molecule has 0 heterocycles. The lowest BCUT2D eigenvalue weighted by Gasteiger charge is -2.17. The van der Waals surface area contributed by atoms with E-state index in [-0.39, 0.29) is 18.0 Å². The van der Waals surface area contributed by atoms with Crippen LogP contribution in [0.15, 0.2) is 83.8 Å². The molecule has 3 rings (SSSR count). The number of carbonyl (C=O) groups is 1. The van der Waals surface area contributed by atoms with E-state index in [2.05, 4.69) is 5.32 Å². The summed E-state index contributed by atoms with van der Waals surface area (Å²) >= 11 is 0. The van der Waals surface area contributed by atoms with Gasteiger partial charge in [0.1, 0.15) is 11.6 Å². The molecule has 0 spiro atoms. The van der Waals surface area contributed by atoms with E-state index in [9.17, 15) is 17.6 Å². The van der Waals surface area contributed by atoms with Crippen molar-refractivity contribution in [1.82, 2.24) is 4.31 Å². The van der Waals surface area contributed by atoms with Gasteiger partial charge >= 0.3 is 0 Å². The first-order valence-electron chi connectivity index (χ1n) is 9.13. The van der Waals surface area contributed by atoms with Crippen LogP contribution in [-0.4, -0.2) is 32.3 Å². The Morgan fingerprint density at radius 1 is 1.00 bits per heavy atom. The number of nitrogens with zero attached hydrogens (tertiary/aromatic N) is 1. The minimum atomic E-state index is -3.67. The molecule has 8 heteroatoms. The first kappa shape index (κ1) is 21.5. The van der Waals surface area contributed by atoms with Gasteiger partial charge in [-0.25, -0.2) is 12.8 Å². The SMILES string of the molecule is CN(Cc1ccccc1)S(=O)(=O)c1ccc(OCC(=O)Nc2cccc(F)c2)cc1. The summed E-state index contributed by atoms with van der Waals surface area (Å²) in [5, 5.41) is 2.52. The number of sulfonamides is 1. The molecule has 0 aliphatic carbocycles. The number of anilines is 1. The largest absolute Gasteiger partial charge is 0.484 e. The third-order valence-corrected chi connectivity index (χ3v) is 6.08. The van der Waals surface area contributed by atoms with Gasteiger partial charge < -0.3 is 10.1 Å². The Labute approximate surface area is 175 Å². The summed E-state index contributed by atoms with van der Waals surface area (Å²) in [6.07, 6.45) is 0. The maximum absolute atomic E-state index is 13.1. The normalized spacial score (nSPS) is 11.3. The van der Waals surface area contributed by atoms with Gasteiger partial charge in [-0.2, -0.15) is 4.31 Å². The third kappa shape index (κ3) is 5.65. The zero-order valence-electron chi connectivity index (χ0n) is 16.3. The van der Waals surface area contributed by atoms with Gasteiger partial charge in [0.2, 0.25) is 10.0 Å². The molecule has 156 valence electrons. The van der Waals surface area contributed by atoms with Crippen LogP contribution in [0.1, 0.15) is 5.56 Å². The average molecular weight is 428 g/mol. The molecular weight excluding hydrogens is 407 g/mol. The van der Waals surface area contributed by atoms with Crippen molar-refractivity contribution in [1.29, 1.82) is 0 Å². The van der Waals surface area contributed by atoms with E-state index < -0.39 is 21.7 Å². The standard InChI is InChI=1S/C22H21FN2O4S/c1-25(15-17-6-3-2-4-7-17)30(27,28)21-12-10-20(11-13-21)29-16-22(26)24-19-9-5-8-18(23)14-19/h2-14H,15-16H2,1H3,(H,24,26). The molecule has 0 fully saturated rings. The predicted molar refractivity (Wildman–Crippen MR) is 112 cm³/mol. The third-order valence-electron chi connectivity index (χ3n) is 4.26. The number of hydrogen-bond acceptors (Lipinski definition) is 4. The van der Waals surface area contributed by atoms with Crippen LogP contribution in [-0.2, 0) is 21.4 Å². The van der Waals surface area contributed by atoms with Gasteiger partial charge in [-0.05, 0) is 48.0 Å². The van der Waals surface area contributed by atoms with Crippen molar-refractivity contribution >= 4 is 21.6 Å². The molecule has 30 heavy (non-hydrogen) atoms. The second kappa shape index (κ2) is 9.51. The van der Waals surface area contributed by atoms with Gasteiger partial charge in [0.15, 0.2) is 6.61 Å². The number of halogens is 1. The molecule has 0 bridgehead atoms. The fraction of sp³-hybridized carbons (Fsp3) is 0.136. The molecule has 3 aromatic rings. The van der Waals surface area contributed by atoms with E-state index in [0.29, 0.717) is 11.4 Å². The van der Waals surface area contributed by atoms with E-state index in [4.69, 9.17) is 4.74 Å². The summed E-state index contributed by atoms with van der Waals surface area (Å²) < 4.78 is 45.3. The highest BCUT2D eigenvalue weighted by Gasteiger charge is 2.21. The second-order valence-electron chi connectivity index (χ2n) is 6.57. The van der Waals surface area contributed by atoms with Crippen LogP contribution in [0.4, 0.5) is 10.1 Å². The minimum Gasteiger partial charge on any atom is -0.484 e. The highest BCUT2D eigenvalue weighted by molar-refractivity contribution is 7.89. The number of ether oxygens (including phenoxy) is 1. The van der Waals surface area contributed by atoms with Gasteiger partial charge in [-0.1, -0.05) is 36.4 Å². The van der Waals surface area contributed by atoms with Crippen LogP contribution in [0.25, 0.3) is 0 Å². The van der Waals surface area contributed by atoms with Crippen LogP contribution in [0.5, 0.6) is 5.75 Å². The van der Waals surface area contributed by atoms with Crippen molar-refractivity contribution in [2.45, 2.75) is 11.4 Å². The summed E-state index contributed by atoms with van der Waals surface area (Å²) in [5.74, 6) is -0.573. The summed E-state index contributed by atoms with van der Waals surface area (Å²) in [6, 6.07) is 20.6. The van der Waals surface area contributed by atoms with Gasteiger partial charge in [-0.15, -0.1) is 0 Å². The minimum absolute atomic E-state index is 0.123. The van der Waals surface area contributed by atoms with E-state index >= 15 is 0 Å². The fourth-order valence-electron chi connectivity index (χ4n) is 2.73. The summed E-state index contributed by atoms with van der Waals surface area (Å²) in [5.41, 5.74) is 1.21. The number of nitrogens with one attached hydrogen (secondary N) is 1. The summed E-state index contributed by atoms with van der Waals surface area (Å²) in [4.78, 5) is 12.0. The highest BCUT2D eigenvalue weighted by atomic mass is 32.2. The van der Waals surface area contributed by atoms with E-state index in [1.54, 1.807) is 6.07 Å². The van der Waals surface area contributed by atoms with Crippen LogP contribution in [0, 0.1) is 5.82 Å². The fourth-order valence-corrected chi connectivity index (χ4v) is 3.88. The lowest BCUT2D eigenvalue weighted by molar-refractivity contribution is -0.118. The molecular formula is C22H21FN2O4S. The average Bonchev–Trinajstić information content (AvgIpc) is 2.73. The molecule has 0 aromatic heterocycles. The maximum Gasteiger partial charge on any atom is 0.262 e. The molecule has 0 aliphatic rings. The monoisotopic (exact) mass is 428 g/mol. The lowest BCUT2D eigenvalue weighted by atomic mass is 10.2. The van der Waals surface area contributed by atoms with Gasteiger partial charge in [0, 0.05) is 19.3 Å². The second-order valence-corrected chi connectivity index (χ2v) is 8.61. The van der Waals surface area contributed by atoms with Gasteiger partial charge in [0.05, 0.1) is 4.90 Å². The Morgan fingerprint density at radius 3 is 2.37 bits per heavy atom. The van der Waals surface area contributed by atoms with Crippen LogP contribution < -0.4 is 10.1 Å². The Bertz CT molecular complexity index is 1100. The van der Waals surface area contributed by atoms with Crippen molar-refractivity contribution in [2.24, 2.45) is 0 Å². The molecule has 1 N–H and O–H groups in total. The van der Waals surface area contributed by atoms with Crippen LogP contribution in [0.3, 0.4) is 0 Å². The van der Waals surface area contributed by atoms with Crippen molar-refractivity contribution in [3.8, 4) is 5.75 Å². The van der Waals surface area contributed by atoms with Crippen LogP contribution >= 0.6 is 0 Å². The van der Waals surface area contributed by atoms with E-state index in [1.807, 2.05) is 30.3 Å². The Kier molecular flexibility index (Phi) is 6.81. The first-order valence-corrected chi connectivity index (χ1v) is 10.6. The van der Waals surface area contributed by atoms with Crippen molar-refractivity contribution in [2.75, 3.05) is 19.0 Å². The molecule has 0 atom stereocenters. The molecule has 6 nitrogen and oxygen atoms in total. The Morgan fingerprint density at radius 2 is 1.70 bits per heavy atom. The zero-order chi connectivity index (χ0) is 21.6. The van der Waals surface area contributed by atoms with Crippen molar-refractivity contribution < 1.29 is 22.3 Å². The van der Waals surface area contributed by atoms with Crippen molar-refractivity contribution in [3.05, 3.63) is 90.2 Å². The van der Waals surface area contributed by atoms with Gasteiger partial charge in [0.25, 0.3) is 5.91 Å². The molecule has 0 saturated heterocycles. The summed E-state index contributed by atoms with van der Waals surface area (Å²) in [6.45, 7) is -0.0435. The molecule has 0 saturated carbocycles. The number of carbonyl (C=O) groups excluding carboxylic acids is 1. The maximum atomic E-state index is 13.1. The molecule has 0 aliphatic heterocycles. The lowest BCUT2D eigenvalue weighted by Crippen LogP contribution is -2.26. The predicted octanol–water partition coefficient (Wildman–Crippen LogP) is 3.66. The molecule has 1 amide bonds. The van der Waals surface area contributed by atoms with E-state index in [1.165, 1.54) is 53.8 Å². The Balaban J connectivity index is 1.58. The Hall–Kier alpha value is -3.23. The van der Waals surface area contributed by atoms with Crippen LogP contribution in [0.2, 0.25) is 0 Å². The van der Waals surface area contributed by atoms with Crippen molar-refractivity contribution in [3.63, 3.8) is 0 Å². The first-order chi connectivity index (χ1) is 14.3. The topological polar surface area (TPSA) is 75.7 Å². The van der Waals surface area contributed by atoms with Gasteiger partial charge in [-0.3, -0.25) is 4.79 Å². The summed E-state index contributed by atoms with van der Waals surface area (Å²) in [7, 11) is -2.15. The quantitative estimate of drug-likeness (QED) is 0.594. The highest BCUT2D eigenvalue weighted by Crippen LogP contribution is 2.20. The number of rotatable bonds is 8. The number of amides is 1. The number of benzene rings is 3. The smallest absolute Gasteiger partial charge is 0.262 e. The number of hydrogen-bond donors (Lipinski definition) is 1. The zero-order valence-corrected chi connectivity index (χ0v) is 17.1. The molecule has 3 aromatic carbocycles.